The van der Waals surface area contributed by atoms with E-state index in [2.05, 4.69) is 10.2 Å². The maximum absolute atomic E-state index is 11.5. The van der Waals surface area contributed by atoms with Crippen LogP contribution in [0.15, 0.2) is 0 Å². The second-order valence-electron chi connectivity index (χ2n) is 2.94. The van der Waals surface area contributed by atoms with Gasteiger partial charge in [-0.3, -0.25) is 0 Å². The van der Waals surface area contributed by atoms with Crippen LogP contribution in [0, 0.1) is 6.92 Å². The van der Waals surface area contributed by atoms with Gasteiger partial charge in [0.2, 0.25) is 5.82 Å². The van der Waals surface area contributed by atoms with Crippen LogP contribution < -0.4 is 0 Å². The van der Waals surface area contributed by atoms with Gasteiger partial charge in [-0.25, -0.2) is 4.79 Å². The molecule has 0 radical (unpaired) electrons. The lowest BCUT2D eigenvalue weighted by molar-refractivity contribution is 0.0506. The Kier molecular flexibility index (Phi) is 4.61. The molecule has 0 fully saturated rings. The highest BCUT2D eigenvalue weighted by atomic mass is 32.2. The summed E-state index contributed by atoms with van der Waals surface area (Å²) in [6, 6.07) is 0. The molecule has 5 nitrogen and oxygen atoms in total. The summed E-state index contributed by atoms with van der Waals surface area (Å²) in [5, 5.41) is 7.69. The Balaban J connectivity index is 2.82. The average Bonchev–Trinajstić information content (AvgIpc) is 2.57. The molecule has 1 rings (SSSR count). The largest absolute Gasteiger partial charge is 0.460 e. The normalized spacial score (nSPS) is 10.3. The van der Waals surface area contributed by atoms with E-state index in [1.807, 2.05) is 13.2 Å². The summed E-state index contributed by atoms with van der Waals surface area (Å²) in [7, 11) is 0. The maximum atomic E-state index is 11.5. The maximum Gasteiger partial charge on any atom is 0.376 e. The monoisotopic (exact) mass is 229 g/mol. The van der Waals surface area contributed by atoms with E-state index in [1.165, 1.54) is 0 Å². The van der Waals surface area contributed by atoms with E-state index in [-0.39, 0.29) is 0 Å². The van der Waals surface area contributed by atoms with Crippen LogP contribution in [0.4, 0.5) is 0 Å². The number of hydrogen-bond acceptors (Lipinski definition) is 5. The van der Waals surface area contributed by atoms with Crippen molar-refractivity contribution in [3.8, 4) is 0 Å². The Morgan fingerprint density at radius 2 is 2.27 bits per heavy atom. The molecule has 1 heterocycles. The molecule has 0 aliphatic carbocycles. The number of thioether (sulfide) groups is 1. The molecule has 1 aromatic heterocycles. The van der Waals surface area contributed by atoms with Crippen LogP contribution in [0.3, 0.4) is 0 Å². The number of ether oxygens (including phenoxy) is 1. The second kappa shape index (κ2) is 5.75. The Morgan fingerprint density at radius 1 is 1.53 bits per heavy atom. The second-order valence-corrected chi connectivity index (χ2v) is 3.92. The summed E-state index contributed by atoms with van der Waals surface area (Å²) >= 11 is 1.71. The molecule has 84 valence electrons. The lowest BCUT2D eigenvalue weighted by atomic mass is 10.5. The molecule has 0 saturated heterocycles. The third-order valence-corrected chi connectivity index (χ3v) is 2.50. The van der Waals surface area contributed by atoms with Crippen LogP contribution in [0.25, 0.3) is 0 Å². The Labute approximate surface area is 93.2 Å². The first-order valence-electron chi connectivity index (χ1n) is 4.76. The SMILES string of the molecule is CCOC(=O)c1nnc(C)n1CCSC. The summed E-state index contributed by atoms with van der Waals surface area (Å²) in [5.41, 5.74) is 0. The van der Waals surface area contributed by atoms with Crippen molar-refractivity contribution in [3.63, 3.8) is 0 Å². The van der Waals surface area contributed by atoms with Gasteiger partial charge < -0.3 is 9.30 Å². The number of hydrogen-bond donors (Lipinski definition) is 0. The highest BCUT2D eigenvalue weighted by molar-refractivity contribution is 7.98. The van der Waals surface area contributed by atoms with E-state index in [1.54, 1.807) is 23.3 Å². The molecule has 0 atom stereocenters. The van der Waals surface area contributed by atoms with Gasteiger partial charge in [-0.05, 0) is 20.1 Å². The molecule has 0 amide bonds. The fourth-order valence-corrected chi connectivity index (χ4v) is 1.54. The predicted octanol–water partition coefficient (Wildman–Crippen LogP) is 1.13. The molecule has 6 heteroatoms. The van der Waals surface area contributed by atoms with Gasteiger partial charge in [-0.2, -0.15) is 11.8 Å². The van der Waals surface area contributed by atoms with E-state index in [0.29, 0.717) is 12.4 Å². The number of carbonyl (C=O) groups is 1. The summed E-state index contributed by atoms with van der Waals surface area (Å²) in [5.74, 6) is 1.56. The van der Waals surface area contributed by atoms with Gasteiger partial charge in [-0.15, -0.1) is 10.2 Å². The summed E-state index contributed by atoms with van der Waals surface area (Å²) in [6.45, 7) is 4.69. The molecule has 0 aliphatic rings. The molecular formula is C9H15N3O2S. The highest BCUT2D eigenvalue weighted by Crippen LogP contribution is 2.05. The summed E-state index contributed by atoms with van der Waals surface area (Å²) < 4.78 is 6.68. The van der Waals surface area contributed by atoms with Crippen molar-refractivity contribution in [1.29, 1.82) is 0 Å². The first-order chi connectivity index (χ1) is 7.20. The van der Waals surface area contributed by atoms with E-state index in [4.69, 9.17) is 4.74 Å². The minimum absolute atomic E-state index is 0.295. The molecule has 0 unspecified atom stereocenters. The molecular weight excluding hydrogens is 214 g/mol. The number of aromatic nitrogens is 3. The molecule has 15 heavy (non-hydrogen) atoms. The van der Waals surface area contributed by atoms with Gasteiger partial charge in [0.1, 0.15) is 5.82 Å². The lowest BCUT2D eigenvalue weighted by Gasteiger charge is -2.06. The number of aryl methyl sites for hydroxylation is 1. The van der Waals surface area contributed by atoms with E-state index in [9.17, 15) is 4.79 Å². The molecule has 0 aliphatic heterocycles. The molecule has 0 N–H and O–H groups in total. The van der Waals surface area contributed by atoms with Gasteiger partial charge in [-0.1, -0.05) is 0 Å². The van der Waals surface area contributed by atoms with Crippen LogP contribution in [0.5, 0.6) is 0 Å². The smallest absolute Gasteiger partial charge is 0.376 e. The first-order valence-corrected chi connectivity index (χ1v) is 6.16. The van der Waals surface area contributed by atoms with Crippen LogP contribution >= 0.6 is 11.8 Å². The van der Waals surface area contributed by atoms with Crippen molar-refractivity contribution < 1.29 is 9.53 Å². The zero-order valence-corrected chi connectivity index (χ0v) is 10.0. The molecule has 0 saturated carbocycles. The van der Waals surface area contributed by atoms with E-state index in [0.717, 1.165) is 18.1 Å². The van der Waals surface area contributed by atoms with E-state index < -0.39 is 5.97 Å². The number of rotatable bonds is 5. The molecule has 0 aromatic carbocycles. The van der Waals surface area contributed by atoms with E-state index >= 15 is 0 Å². The lowest BCUT2D eigenvalue weighted by Crippen LogP contribution is -2.15. The van der Waals surface area contributed by atoms with Gasteiger partial charge >= 0.3 is 5.97 Å². The average molecular weight is 229 g/mol. The zero-order valence-electron chi connectivity index (χ0n) is 9.19. The Morgan fingerprint density at radius 3 is 2.87 bits per heavy atom. The first kappa shape index (κ1) is 12.0. The van der Waals surface area contributed by atoms with Crippen LogP contribution in [0.2, 0.25) is 0 Å². The molecule has 1 aromatic rings. The standard InChI is InChI=1S/C9H15N3O2S/c1-4-14-9(13)8-11-10-7(2)12(8)5-6-15-3/h4-6H2,1-3H3. The third kappa shape index (κ3) is 2.95. The predicted molar refractivity (Wildman–Crippen MR) is 59.1 cm³/mol. The minimum Gasteiger partial charge on any atom is -0.460 e. The third-order valence-electron chi connectivity index (χ3n) is 1.91. The Hall–Kier alpha value is -1.04. The van der Waals surface area contributed by atoms with Gasteiger partial charge in [0.15, 0.2) is 0 Å². The summed E-state index contributed by atoms with van der Waals surface area (Å²) in [4.78, 5) is 11.5. The fraction of sp³-hybridized carbons (Fsp3) is 0.667. The number of nitrogens with zero attached hydrogens (tertiary/aromatic N) is 3. The van der Waals surface area contributed by atoms with Gasteiger partial charge in [0.25, 0.3) is 0 Å². The van der Waals surface area contributed by atoms with Crippen LogP contribution in [-0.4, -0.2) is 39.3 Å². The van der Waals surface area contributed by atoms with Gasteiger partial charge in [0, 0.05) is 12.3 Å². The van der Waals surface area contributed by atoms with Gasteiger partial charge in [0.05, 0.1) is 6.61 Å². The summed E-state index contributed by atoms with van der Waals surface area (Å²) in [6.07, 6.45) is 2.02. The van der Waals surface area contributed by atoms with Crippen molar-refractivity contribution in [3.05, 3.63) is 11.6 Å². The van der Waals surface area contributed by atoms with Crippen molar-refractivity contribution in [2.75, 3.05) is 18.6 Å². The quantitative estimate of drug-likeness (QED) is 0.708. The molecule has 0 bridgehead atoms. The van der Waals surface area contributed by atoms with Crippen molar-refractivity contribution >= 4 is 17.7 Å². The molecule has 0 spiro atoms. The van der Waals surface area contributed by atoms with Crippen LogP contribution in [-0.2, 0) is 11.3 Å². The number of carbonyl (C=O) groups excluding carboxylic acids is 1. The number of esters is 1. The highest BCUT2D eigenvalue weighted by Gasteiger charge is 2.17. The topological polar surface area (TPSA) is 57.0 Å². The van der Waals surface area contributed by atoms with Crippen molar-refractivity contribution in [2.45, 2.75) is 20.4 Å². The minimum atomic E-state index is -0.404. The van der Waals surface area contributed by atoms with Crippen molar-refractivity contribution in [2.24, 2.45) is 0 Å². The van der Waals surface area contributed by atoms with Crippen LogP contribution in [0.1, 0.15) is 23.4 Å². The fourth-order valence-electron chi connectivity index (χ4n) is 1.18. The van der Waals surface area contributed by atoms with Crippen molar-refractivity contribution in [1.82, 2.24) is 14.8 Å². The zero-order chi connectivity index (χ0) is 11.3. The Bertz CT molecular complexity index is 338.